The van der Waals surface area contributed by atoms with Crippen molar-refractivity contribution < 1.29 is 14.0 Å². The van der Waals surface area contributed by atoms with Crippen LogP contribution in [0.15, 0.2) is 78.9 Å². The van der Waals surface area contributed by atoms with Gasteiger partial charge in [0, 0.05) is 0 Å². The highest BCUT2D eigenvalue weighted by Crippen LogP contribution is 2.32. The Morgan fingerprint density at radius 1 is 0.893 bits per heavy atom. The molecular weight excluding hydrogens is 355 g/mol. The molecule has 1 aliphatic heterocycles. The number of rotatable bonds is 5. The van der Waals surface area contributed by atoms with Crippen LogP contribution in [-0.4, -0.2) is 30.3 Å². The first-order valence-electron chi connectivity index (χ1n) is 9.02. The lowest BCUT2D eigenvalue weighted by Crippen LogP contribution is -2.41. The number of ketones is 1. The van der Waals surface area contributed by atoms with E-state index in [1.54, 1.807) is 0 Å². The standard InChI is InChI=1S/C23H19FN2O2/c1-25(15-26-20-13-12-18(24)14-19(20)22(27)23(26)28)21(16-8-4-2-5-9-16)17-10-6-3-7-11-17/h2-14,21H,15H2,1H3. The van der Waals surface area contributed by atoms with E-state index in [1.807, 2.05) is 72.6 Å². The molecule has 0 unspecified atom stereocenters. The molecule has 0 spiro atoms. The number of halogens is 1. The monoisotopic (exact) mass is 374 g/mol. The Morgan fingerprint density at radius 2 is 1.46 bits per heavy atom. The normalized spacial score (nSPS) is 13.5. The molecular formula is C23H19FN2O2. The van der Waals surface area contributed by atoms with Gasteiger partial charge in [-0.3, -0.25) is 19.4 Å². The van der Waals surface area contributed by atoms with Crippen molar-refractivity contribution >= 4 is 17.4 Å². The summed E-state index contributed by atoms with van der Waals surface area (Å²) in [6.07, 6.45) is 0. The first-order valence-corrected chi connectivity index (χ1v) is 9.02. The van der Waals surface area contributed by atoms with Crippen LogP contribution in [0.5, 0.6) is 0 Å². The molecule has 0 saturated heterocycles. The van der Waals surface area contributed by atoms with Crippen LogP contribution in [0, 0.1) is 5.82 Å². The van der Waals surface area contributed by atoms with E-state index in [1.165, 1.54) is 17.0 Å². The maximum Gasteiger partial charge on any atom is 0.300 e. The van der Waals surface area contributed by atoms with Crippen molar-refractivity contribution in [1.29, 1.82) is 0 Å². The van der Waals surface area contributed by atoms with Crippen LogP contribution in [-0.2, 0) is 4.79 Å². The van der Waals surface area contributed by atoms with Gasteiger partial charge in [-0.15, -0.1) is 0 Å². The Hall–Kier alpha value is -3.31. The second-order valence-electron chi connectivity index (χ2n) is 6.85. The Balaban J connectivity index is 1.69. The van der Waals surface area contributed by atoms with E-state index in [2.05, 4.69) is 0 Å². The second-order valence-corrected chi connectivity index (χ2v) is 6.85. The Bertz CT molecular complexity index is 982. The molecule has 0 bridgehead atoms. The molecule has 1 aliphatic rings. The molecule has 0 atom stereocenters. The number of benzene rings is 3. The summed E-state index contributed by atoms with van der Waals surface area (Å²) < 4.78 is 13.5. The van der Waals surface area contributed by atoms with Gasteiger partial charge in [0.25, 0.3) is 5.78 Å². The van der Waals surface area contributed by atoms with Crippen molar-refractivity contribution in [1.82, 2.24) is 4.90 Å². The number of fused-ring (bicyclic) bond motifs is 1. The highest BCUT2D eigenvalue weighted by molar-refractivity contribution is 6.52. The molecule has 4 nitrogen and oxygen atoms in total. The summed E-state index contributed by atoms with van der Waals surface area (Å²) in [7, 11) is 1.91. The molecule has 0 N–H and O–H groups in total. The van der Waals surface area contributed by atoms with Gasteiger partial charge in [0.1, 0.15) is 5.82 Å². The SMILES string of the molecule is CN(CN1C(=O)C(=O)c2cc(F)ccc21)C(c1ccccc1)c1ccccc1. The van der Waals surface area contributed by atoms with Gasteiger partial charge in [-0.25, -0.2) is 4.39 Å². The van der Waals surface area contributed by atoms with Crippen molar-refractivity contribution in [2.24, 2.45) is 0 Å². The predicted octanol–water partition coefficient (Wildman–Crippen LogP) is 4.03. The van der Waals surface area contributed by atoms with Gasteiger partial charge in [-0.1, -0.05) is 60.7 Å². The third-order valence-electron chi connectivity index (χ3n) is 4.97. The summed E-state index contributed by atoms with van der Waals surface area (Å²) >= 11 is 0. The van der Waals surface area contributed by atoms with E-state index in [0.717, 1.165) is 17.2 Å². The fourth-order valence-electron chi connectivity index (χ4n) is 3.69. The van der Waals surface area contributed by atoms with Crippen molar-refractivity contribution in [3.63, 3.8) is 0 Å². The molecule has 140 valence electrons. The summed E-state index contributed by atoms with van der Waals surface area (Å²) in [5, 5.41) is 0. The lowest BCUT2D eigenvalue weighted by molar-refractivity contribution is -0.114. The maximum absolute atomic E-state index is 13.5. The van der Waals surface area contributed by atoms with Crippen LogP contribution in [0.1, 0.15) is 27.5 Å². The molecule has 4 rings (SSSR count). The van der Waals surface area contributed by atoms with Crippen molar-refractivity contribution in [3.05, 3.63) is 101 Å². The van der Waals surface area contributed by atoms with E-state index in [9.17, 15) is 14.0 Å². The topological polar surface area (TPSA) is 40.6 Å². The van der Waals surface area contributed by atoms with E-state index < -0.39 is 17.5 Å². The quantitative estimate of drug-likeness (QED) is 0.633. The summed E-state index contributed by atoms with van der Waals surface area (Å²) in [4.78, 5) is 28.2. The van der Waals surface area contributed by atoms with Crippen LogP contribution >= 0.6 is 0 Å². The largest absolute Gasteiger partial charge is 0.300 e. The van der Waals surface area contributed by atoms with E-state index in [-0.39, 0.29) is 18.3 Å². The molecule has 0 saturated carbocycles. The minimum Gasteiger partial charge on any atom is -0.291 e. The molecule has 1 heterocycles. The first kappa shape index (κ1) is 18.1. The van der Waals surface area contributed by atoms with E-state index in [4.69, 9.17) is 0 Å². The molecule has 5 heteroatoms. The Morgan fingerprint density at radius 3 is 2.04 bits per heavy atom. The highest BCUT2D eigenvalue weighted by Gasteiger charge is 2.37. The predicted molar refractivity (Wildman–Crippen MR) is 106 cm³/mol. The lowest BCUT2D eigenvalue weighted by atomic mass is 9.98. The number of hydrogen-bond acceptors (Lipinski definition) is 3. The number of nitrogens with zero attached hydrogens (tertiary/aromatic N) is 2. The maximum atomic E-state index is 13.5. The smallest absolute Gasteiger partial charge is 0.291 e. The molecule has 1 amide bonds. The van der Waals surface area contributed by atoms with Crippen LogP contribution < -0.4 is 4.90 Å². The molecule has 3 aromatic carbocycles. The van der Waals surface area contributed by atoms with Gasteiger partial charge in [0.15, 0.2) is 0 Å². The fourth-order valence-corrected chi connectivity index (χ4v) is 3.69. The van der Waals surface area contributed by atoms with Gasteiger partial charge in [-0.2, -0.15) is 0 Å². The highest BCUT2D eigenvalue weighted by atomic mass is 19.1. The number of hydrogen-bond donors (Lipinski definition) is 0. The summed E-state index contributed by atoms with van der Waals surface area (Å²) in [5.41, 5.74) is 2.72. The number of Topliss-reactive ketones (excluding diaryl/α,β-unsaturated/α-hetero) is 1. The van der Waals surface area contributed by atoms with Crippen molar-refractivity contribution in [3.8, 4) is 0 Å². The second kappa shape index (κ2) is 7.37. The zero-order chi connectivity index (χ0) is 19.7. The van der Waals surface area contributed by atoms with Crippen LogP contribution in [0.3, 0.4) is 0 Å². The van der Waals surface area contributed by atoms with Gasteiger partial charge in [0.05, 0.1) is 24.0 Å². The Labute approximate surface area is 162 Å². The van der Waals surface area contributed by atoms with Gasteiger partial charge in [0.2, 0.25) is 0 Å². The fraction of sp³-hybridized carbons (Fsp3) is 0.130. The molecule has 0 aromatic heterocycles. The van der Waals surface area contributed by atoms with Crippen LogP contribution in [0.2, 0.25) is 0 Å². The van der Waals surface area contributed by atoms with Gasteiger partial charge < -0.3 is 0 Å². The summed E-state index contributed by atoms with van der Waals surface area (Å²) in [6, 6.07) is 23.7. The average Bonchev–Trinajstić information content (AvgIpc) is 2.94. The first-order chi connectivity index (χ1) is 13.6. The molecule has 28 heavy (non-hydrogen) atoms. The number of carbonyl (C=O) groups excluding carboxylic acids is 2. The van der Waals surface area contributed by atoms with Crippen molar-refractivity contribution in [2.45, 2.75) is 6.04 Å². The third kappa shape index (κ3) is 3.21. The molecule has 0 radical (unpaired) electrons. The average molecular weight is 374 g/mol. The molecule has 0 aliphatic carbocycles. The third-order valence-corrected chi connectivity index (χ3v) is 4.97. The van der Waals surface area contributed by atoms with E-state index >= 15 is 0 Å². The molecule has 0 fully saturated rings. The Kier molecular flexibility index (Phi) is 4.75. The van der Waals surface area contributed by atoms with Crippen LogP contribution in [0.25, 0.3) is 0 Å². The zero-order valence-electron chi connectivity index (χ0n) is 15.4. The molecule has 3 aromatic rings. The number of amides is 1. The number of carbonyl (C=O) groups is 2. The number of anilines is 1. The zero-order valence-corrected chi connectivity index (χ0v) is 15.4. The minimum absolute atomic E-state index is 0.102. The minimum atomic E-state index is -0.668. The van der Waals surface area contributed by atoms with E-state index in [0.29, 0.717) is 5.69 Å². The van der Waals surface area contributed by atoms with Crippen LogP contribution in [0.4, 0.5) is 10.1 Å². The van der Waals surface area contributed by atoms with Crippen molar-refractivity contribution in [2.75, 3.05) is 18.6 Å². The lowest BCUT2D eigenvalue weighted by Gasteiger charge is -2.32. The summed E-state index contributed by atoms with van der Waals surface area (Å²) in [6.45, 7) is 0.206. The summed E-state index contributed by atoms with van der Waals surface area (Å²) in [5.74, 6) is -1.83. The van der Waals surface area contributed by atoms with Gasteiger partial charge in [-0.05, 0) is 36.4 Å². The van der Waals surface area contributed by atoms with Gasteiger partial charge >= 0.3 is 5.91 Å².